The predicted molar refractivity (Wildman–Crippen MR) is 57.2 cm³/mol. The molecule has 1 saturated carbocycles. The maximum atomic E-state index is 10.4. The Morgan fingerprint density at radius 1 is 1.21 bits per heavy atom. The lowest BCUT2D eigenvalue weighted by atomic mass is 9.96. The molecule has 0 heterocycles. The summed E-state index contributed by atoms with van der Waals surface area (Å²) in [5.41, 5.74) is 1.45. The van der Waals surface area contributed by atoms with E-state index in [-0.39, 0.29) is 0 Å². The average Bonchev–Trinajstić information content (AvgIpc) is 2.68. The Balaban J connectivity index is 1.99. The van der Waals surface area contributed by atoms with Crippen LogP contribution in [0.1, 0.15) is 37.2 Å². The molecule has 2 rings (SSSR count). The fourth-order valence-corrected chi connectivity index (χ4v) is 2.45. The number of aldehydes is 1. The SMILES string of the molecule is O=CCC1CCC(c2ccccc2)C1. The largest absolute Gasteiger partial charge is 0.303 e. The maximum absolute atomic E-state index is 10.4. The Kier molecular flexibility index (Phi) is 2.97. The van der Waals surface area contributed by atoms with Gasteiger partial charge in [0, 0.05) is 6.42 Å². The molecular formula is C13H16O. The normalized spacial score (nSPS) is 26.3. The zero-order valence-corrected chi connectivity index (χ0v) is 8.36. The van der Waals surface area contributed by atoms with E-state index in [0.717, 1.165) is 12.7 Å². The lowest BCUT2D eigenvalue weighted by Crippen LogP contribution is -1.96. The highest BCUT2D eigenvalue weighted by Gasteiger charge is 2.24. The van der Waals surface area contributed by atoms with Crippen molar-refractivity contribution in [3.05, 3.63) is 35.9 Å². The van der Waals surface area contributed by atoms with Crippen LogP contribution in [-0.4, -0.2) is 6.29 Å². The van der Waals surface area contributed by atoms with Gasteiger partial charge in [0.1, 0.15) is 6.29 Å². The van der Waals surface area contributed by atoms with E-state index in [9.17, 15) is 4.79 Å². The first-order valence-electron chi connectivity index (χ1n) is 5.38. The third kappa shape index (κ3) is 2.03. The summed E-state index contributed by atoms with van der Waals surface area (Å²) in [6.45, 7) is 0. The zero-order chi connectivity index (χ0) is 9.80. The van der Waals surface area contributed by atoms with Crippen molar-refractivity contribution in [3.63, 3.8) is 0 Å². The number of carbonyl (C=O) groups is 1. The van der Waals surface area contributed by atoms with Crippen LogP contribution in [0.4, 0.5) is 0 Å². The van der Waals surface area contributed by atoms with E-state index in [0.29, 0.717) is 11.8 Å². The molecule has 0 spiro atoms. The lowest BCUT2D eigenvalue weighted by molar-refractivity contribution is -0.108. The average molecular weight is 188 g/mol. The van der Waals surface area contributed by atoms with Crippen molar-refractivity contribution < 1.29 is 4.79 Å². The fourth-order valence-electron chi connectivity index (χ4n) is 2.45. The van der Waals surface area contributed by atoms with Gasteiger partial charge in [0.2, 0.25) is 0 Å². The molecule has 0 saturated heterocycles. The molecule has 74 valence electrons. The zero-order valence-electron chi connectivity index (χ0n) is 8.36. The summed E-state index contributed by atoms with van der Waals surface area (Å²) >= 11 is 0. The monoisotopic (exact) mass is 188 g/mol. The van der Waals surface area contributed by atoms with Gasteiger partial charge in [0.05, 0.1) is 0 Å². The molecule has 0 bridgehead atoms. The summed E-state index contributed by atoms with van der Waals surface area (Å²) < 4.78 is 0. The van der Waals surface area contributed by atoms with Crippen LogP contribution in [-0.2, 0) is 4.79 Å². The van der Waals surface area contributed by atoms with Gasteiger partial charge in [-0.15, -0.1) is 0 Å². The van der Waals surface area contributed by atoms with Crippen molar-refractivity contribution in [1.29, 1.82) is 0 Å². The van der Waals surface area contributed by atoms with Crippen molar-refractivity contribution in [1.82, 2.24) is 0 Å². The van der Waals surface area contributed by atoms with Crippen molar-refractivity contribution in [2.24, 2.45) is 5.92 Å². The van der Waals surface area contributed by atoms with Gasteiger partial charge in [-0.2, -0.15) is 0 Å². The van der Waals surface area contributed by atoms with Crippen LogP contribution >= 0.6 is 0 Å². The van der Waals surface area contributed by atoms with Crippen molar-refractivity contribution in [3.8, 4) is 0 Å². The summed E-state index contributed by atoms with van der Waals surface area (Å²) in [5, 5.41) is 0. The van der Waals surface area contributed by atoms with Crippen LogP contribution < -0.4 is 0 Å². The van der Waals surface area contributed by atoms with Crippen molar-refractivity contribution >= 4 is 6.29 Å². The summed E-state index contributed by atoms with van der Waals surface area (Å²) in [7, 11) is 0. The van der Waals surface area contributed by atoms with Gasteiger partial charge in [0.25, 0.3) is 0 Å². The molecule has 1 aromatic carbocycles. The fraction of sp³-hybridized carbons (Fsp3) is 0.462. The van der Waals surface area contributed by atoms with Crippen molar-refractivity contribution in [2.45, 2.75) is 31.6 Å². The lowest BCUT2D eigenvalue weighted by Gasteiger charge is -2.09. The van der Waals surface area contributed by atoms with E-state index in [1.165, 1.54) is 24.8 Å². The van der Waals surface area contributed by atoms with Gasteiger partial charge in [-0.1, -0.05) is 30.3 Å². The van der Waals surface area contributed by atoms with E-state index >= 15 is 0 Å². The van der Waals surface area contributed by atoms with Gasteiger partial charge < -0.3 is 4.79 Å². The molecule has 2 unspecified atom stereocenters. The van der Waals surface area contributed by atoms with Gasteiger partial charge in [-0.3, -0.25) is 0 Å². The second-order valence-electron chi connectivity index (χ2n) is 4.19. The standard InChI is InChI=1S/C13H16O/c14-9-8-11-6-7-13(10-11)12-4-2-1-3-5-12/h1-5,9,11,13H,6-8,10H2. The second kappa shape index (κ2) is 4.41. The number of hydrogen-bond donors (Lipinski definition) is 0. The first-order valence-corrected chi connectivity index (χ1v) is 5.38. The quantitative estimate of drug-likeness (QED) is 0.666. The minimum atomic E-state index is 0.637. The Labute approximate surface area is 85.1 Å². The molecule has 0 aliphatic heterocycles. The van der Waals surface area contributed by atoms with E-state index in [1.54, 1.807) is 0 Å². The molecule has 1 aliphatic rings. The summed E-state index contributed by atoms with van der Waals surface area (Å²) in [6, 6.07) is 10.7. The molecule has 2 atom stereocenters. The Morgan fingerprint density at radius 2 is 2.00 bits per heavy atom. The van der Waals surface area contributed by atoms with Gasteiger partial charge >= 0.3 is 0 Å². The molecule has 1 aromatic rings. The molecule has 0 radical (unpaired) electrons. The van der Waals surface area contributed by atoms with Gasteiger partial charge in [-0.25, -0.2) is 0 Å². The summed E-state index contributed by atoms with van der Waals surface area (Å²) in [5.74, 6) is 1.33. The Bertz CT molecular complexity index is 291. The van der Waals surface area contributed by atoms with Crippen LogP contribution in [0, 0.1) is 5.92 Å². The van der Waals surface area contributed by atoms with E-state index in [1.807, 2.05) is 0 Å². The van der Waals surface area contributed by atoms with Gasteiger partial charge in [-0.05, 0) is 36.7 Å². The molecule has 0 N–H and O–H groups in total. The van der Waals surface area contributed by atoms with Gasteiger partial charge in [0.15, 0.2) is 0 Å². The van der Waals surface area contributed by atoms with E-state index in [4.69, 9.17) is 0 Å². The predicted octanol–water partition coefficient (Wildman–Crippen LogP) is 3.16. The summed E-state index contributed by atoms with van der Waals surface area (Å²) in [6.07, 6.45) is 5.49. The van der Waals surface area contributed by atoms with Crippen LogP contribution in [0.5, 0.6) is 0 Å². The molecule has 0 amide bonds. The first kappa shape index (κ1) is 9.45. The number of hydrogen-bond acceptors (Lipinski definition) is 1. The smallest absolute Gasteiger partial charge is 0.120 e. The minimum absolute atomic E-state index is 0.637. The first-order chi connectivity index (χ1) is 6.90. The maximum Gasteiger partial charge on any atom is 0.120 e. The minimum Gasteiger partial charge on any atom is -0.303 e. The third-order valence-corrected chi connectivity index (χ3v) is 3.24. The van der Waals surface area contributed by atoms with Crippen LogP contribution in [0.2, 0.25) is 0 Å². The third-order valence-electron chi connectivity index (χ3n) is 3.24. The Hall–Kier alpha value is -1.11. The van der Waals surface area contributed by atoms with Crippen LogP contribution in [0.25, 0.3) is 0 Å². The molecule has 0 aromatic heterocycles. The van der Waals surface area contributed by atoms with Crippen molar-refractivity contribution in [2.75, 3.05) is 0 Å². The highest BCUT2D eigenvalue weighted by Crippen LogP contribution is 2.39. The second-order valence-corrected chi connectivity index (χ2v) is 4.19. The highest BCUT2D eigenvalue weighted by molar-refractivity contribution is 5.49. The number of rotatable bonds is 3. The molecule has 1 heteroatoms. The van der Waals surface area contributed by atoms with Crippen LogP contribution in [0.3, 0.4) is 0 Å². The molecule has 1 nitrogen and oxygen atoms in total. The number of benzene rings is 1. The van der Waals surface area contributed by atoms with Crippen LogP contribution in [0.15, 0.2) is 30.3 Å². The van der Waals surface area contributed by atoms with E-state index < -0.39 is 0 Å². The molecule has 14 heavy (non-hydrogen) atoms. The highest BCUT2D eigenvalue weighted by atomic mass is 16.1. The topological polar surface area (TPSA) is 17.1 Å². The summed E-state index contributed by atoms with van der Waals surface area (Å²) in [4.78, 5) is 10.4. The molecule has 1 fully saturated rings. The number of carbonyl (C=O) groups excluding carboxylic acids is 1. The molecule has 1 aliphatic carbocycles. The van der Waals surface area contributed by atoms with E-state index in [2.05, 4.69) is 30.3 Å². The Morgan fingerprint density at radius 3 is 2.71 bits per heavy atom. The molecular weight excluding hydrogens is 172 g/mol.